The predicted octanol–water partition coefficient (Wildman–Crippen LogP) is 3.78. The van der Waals surface area contributed by atoms with Gasteiger partial charge in [-0.1, -0.05) is 36.4 Å². The largest absolute Gasteiger partial charge is 0.399 e. The Hall–Kier alpha value is -1.80. The Labute approximate surface area is 127 Å². The average molecular weight is 280 g/mol. The van der Waals surface area contributed by atoms with Crippen molar-refractivity contribution in [2.45, 2.75) is 38.8 Å². The van der Waals surface area contributed by atoms with Crippen molar-refractivity contribution in [3.05, 3.63) is 65.2 Å². The molecule has 0 bridgehead atoms. The second kappa shape index (κ2) is 6.31. The molecular formula is C19H24N2. The maximum Gasteiger partial charge on any atom is 0.0317 e. The molecule has 1 saturated heterocycles. The third-order valence-corrected chi connectivity index (χ3v) is 4.55. The molecule has 1 atom stereocenters. The number of likely N-dealkylation sites (tertiary alicyclic amines) is 1. The third-order valence-electron chi connectivity index (χ3n) is 4.55. The van der Waals surface area contributed by atoms with E-state index in [9.17, 15) is 0 Å². The van der Waals surface area contributed by atoms with Gasteiger partial charge in [0.15, 0.2) is 0 Å². The minimum atomic E-state index is 0.660. The molecule has 2 aromatic rings. The summed E-state index contributed by atoms with van der Waals surface area (Å²) in [4.78, 5) is 2.61. The maximum atomic E-state index is 5.89. The molecule has 0 spiro atoms. The molecule has 1 aliphatic heterocycles. The Bertz CT molecular complexity index is 606. The highest BCUT2D eigenvalue weighted by atomic mass is 15.2. The summed E-state index contributed by atoms with van der Waals surface area (Å²) in [7, 11) is 0. The zero-order chi connectivity index (χ0) is 14.7. The summed E-state index contributed by atoms with van der Waals surface area (Å²) in [5.41, 5.74) is 11.0. The van der Waals surface area contributed by atoms with Crippen LogP contribution in [0.1, 0.15) is 29.5 Å². The van der Waals surface area contributed by atoms with E-state index < -0.39 is 0 Å². The molecule has 3 rings (SSSR count). The van der Waals surface area contributed by atoms with Gasteiger partial charge >= 0.3 is 0 Å². The highest BCUT2D eigenvalue weighted by molar-refractivity contribution is 5.40. The number of benzene rings is 2. The van der Waals surface area contributed by atoms with Crippen molar-refractivity contribution in [1.82, 2.24) is 4.90 Å². The summed E-state index contributed by atoms with van der Waals surface area (Å²) >= 11 is 0. The van der Waals surface area contributed by atoms with Crippen molar-refractivity contribution in [2.75, 3.05) is 12.3 Å². The van der Waals surface area contributed by atoms with Crippen LogP contribution in [0.5, 0.6) is 0 Å². The Balaban J connectivity index is 1.69. The van der Waals surface area contributed by atoms with E-state index in [1.807, 2.05) is 6.07 Å². The van der Waals surface area contributed by atoms with Gasteiger partial charge in [0.25, 0.3) is 0 Å². The van der Waals surface area contributed by atoms with Gasteiger partial charge in [0.1, 0.15) is 0 Å². The third kappa shape index (κ3) is 3.45. The van der Waals surface area contributed by atoms with Gasteiger partial charge < -0.3 is 5.73 Å². The summed E-state index contributed by atoms with van der Waals surface area (Å²) in [6.07, 6.45) is 3.77. The van der Waals surface area contributed by atoms with Crippen LogP contribution in [-0.2, 0) is 13.0 Å². The van der Waals surface area contributed by atoms with Crippen LogP contribution in [0.2, 0.25) is 0 Å². The summed E-state index contributed by atoms with van der Waals surface area (Å²) in [5, 5.41) is 0. The number of rotatable bonds is 4. The molecule has 21 heavy (non-hydrogen) atoms. The van der Waals surface area contributed by atoms with Crippen LogP contribution in [0, 0.1) is 6.92 Å². The lowest BCUT2D eigenvalue weighted by atomic mass is 9.99. The molecular weight excluding hydrogens is 256 g/mol. The van der Waals surface area contributed by atoms with Crippen molar-refractivity contribution in [2.24, 2.45) is 0 Å². The first-order valence-electron chi connectivity index (χ1n) is 7.85. The summed E-state index contributed by atoms with van der Waals surface area (Å²) in [6.45, 7) is 4.43. The summed E-state index contributed by atoms with van der Waals surface area (Å²) < 4.78 is 0. The van der Waals surface area contributed by atoms with Crippen LogP contribution in [0.15, 0.2) is 48.5 Å². The lowest BCUT2D eigenvalue weighted by Crippen LogP contribution is -2.30. The van der Waals surface area contributed by atoms with E-state index in [1.54, 1.807) is 0 Å². The molecule has 2 heteroatoms. The van der Waals surface area contributed by atoms with Crippen molar-refractivity contribution in [3.63, 3.8) is 0 Å². The van der Waals surface area contributed by atoms with Gasteiger partial charge in [-0.2, -0.15) is 0 Å². The molecule has 0 aliphatic carbocycles. The predicted molar refractivity (Wildman–Crippen MR) is 89.2 cm³/mol. The zero-order valence-electron chi connectivity index (χ0n) is 12.8. The molecule has 0 radical (unpaired) electrons. The Morgan fingerprint density at radius 2 is 2.00 bits per heavy atom. The Morgan fingerprint density at radius 1 is 1.14 bits per heavy atom. The van der Waals surface area contributed by atoms with E-state index >= 15 is 0 Å². The zero-order valence-corrected chi connectivity index (χ0v) is 12.8. The molecule has 1 unspecified atom stereocenters. The molecule has 2 nitrogen and oxygen atoms in total. The molecule has 0 aromatic heterocycles. The molecule has 2 N–H and O–H groups in total. The van der Waals surface area contributed by atoms with Gasteiger partial charge in [0.2, 0.25) is 0 Å². The van der Waals surface area contributed by atoms with Crippen LogP contribution in [-0.4, -0.2) is 17.5 Å². The Morgan fingerprint density at radius 3 is 2.81 bits per heavy atom. The van der Waals surface area contributed by atoms with Crippen molar-refractivity contribution < 1.29 is 0 Å². The molecule has 110 valence electrons. The highest BCUT2D eigenvalue weighted by Crippen LogP contribution is 2.24. The van der Waals surface area contributed by atoms with Crippen LogP contribution in [0.3, 0.4) is 0 Å². The van der Waals surface area contributed by atoms with Crippen molar-refractivity contribution >= 4 is 5.69 Å². The number of nitrogens with zero attached hydrogens (tertiary/aromatic N) is 1. The lowest BCUT2D eigenvalue weighted by molar-refractivity contribution is 0.244. The number of nitrogen functional groups attached to an aromatic ring is 1. The Kier molecular flexibility index (Phi) is 4.26. The molecule has 2 aromatic carbocycles. The normalized spacial score (nSPS) is 19.0. The van der Waals surface area contributed by atoms with Crippen LogP contribution in [0.25, 0.3) is 0 Å². The summed E-state index contributed by atoms with van der Waals surface area (Å²) in [6, 6.07) is 17.7. The van der Waals surface area contributed by atoms with Crippen molar-refractivity contribution in [1.29, 1.82) is 0 Å². The number of aryl methyl sites for hydroxylation is 1. The fourth-order valence-corrected chi connectivity index (χ4v) is 3.35. The van der Waals surface area contributed by atoms with E-state index in [0.29, 0.717) is 6.04 Å². The molecule has 1 aliphatic rings. The fraction of sp³-hybridized carbons (Fsp3) is 0.368. The first-order chi connectivity index (χ1) is 10.2. The van der Waals surface area contributed by atoms with Crippen molar-refractivity contribution in [3.8, 4) is 0 Å². The van der Waals surface area contributed by atoms with Gasteiger partial charge in [-0.05, 0) is 61.6 Å². The lowest BCUT2D eigenvalue weighted by Gasteiger charge is -2.25. The fourth-order valence-electron chi connectivity index (χ4n) is 3.35. The maximum absolute atomic E-state index is 5.89. The average Bonchev–Trinajstić information content (AvgIpc) is 2.89. The van der Waals surface area contributed by atoms with Crippen LogP contribution in [0.4, 0.5) is 5.69 Å². The second-order valence-corrected chi connectivity index (χ2v) is 6.14. The number of hydrogen-bond acceptors (Lipinski definition) is 2. The minimum Gasteiger partial charge on any atom is -0.399 e. The standard InChI is InChI=1S/C19H24N2/c1-15-6-2-3-8-17(15)13-19-10-5-11-21(19)14-16-7-4-9-18(20)12-16/h2-4,6-9,12,19H,5,10-11,13-14,20H2,1H3. The van der Waals surface area contributed by atoms with E-state index in [-0.39, 0.29) is 0 Å². The van der Waals surface area contributed by atoms with E-state index in [2.05, 4.69) is 54.3 Å². The first kappa shape index (κ1) is 14.2. The van der Waals surface area contributed by atoms with Gasteiger partial charge in [0, 0.05) is 18.3 Å². The number of nitrogens with two attached hydrogens (primary N) is 1. The second-order valence-electron chi connectivity index (χ2n) is 6.14. The van der Waals surface area contributed by atoms with Gasteiger partial charge in [0.05, 0.1) is 0 Å². The van der Waals surface area contributed by atoms with Gasteiger partial charge in [-0.25, -0.2) is 0 Å². The smallest absolute Gasteiger partial charge is 0.0317 e. The molecule has 0 amide bonds. The first-order valence-corrected chi connectivity index (χ1v) is 7.85. The monoisotopic (exact) mass is 280 g/mol. The van der Waals surface area contributed by atoms with Crippen LogP contribution >= 0.6 is 0 Å². The van der Waals surface area contributed by atoms with Crippen LogP contribution < -0.4 is 5.73 Å². The highest BCUT2D eigenvalue weighted by Gasteiger charge is 2.24. The SMILES string of the molecule is Cc1ccccc1CC1CCCN1Cc1cccc(N)c1. The van der Waals surface area contributed by atoms with E-state index in [0.717, 1.165) is 18.7 Å². The van der Waals surface area contributed by atoms with Gasteiger partial charge in [-0.3, -0.25) is 4.90 Å². The minimum absolute atomic E-state index is 0.660. The van der Waals surface area contributed by atoms with Gasteiger partial charge in [-0.15, -0.1) is 0 Å². The quantitative estimate of drug-likeness (QED) is 0.864. The molecule has 1 heterocycles. The molecule has 0 saturated carbocycles. The summed E-state index contributed by atoms with van der Waals surface area (Å²) in [5.74, 6) is 0. The van der Waals surface area contributed by atoms with E-state index in [4.69, 9.17) is 5.73 Å². The number of hydrogen-bond donors (Lipinski definition) is 1. The topological polar surface area (TPSA) is 29.3 Å². The number of anilines is 1. The molecule has 1 fully saturated rings. The van der Waals surface area contributed by atoms with E-state index in [1.165, 1.54) is 36.1 Å².